The van der Waals surface area contributed by atoms with Crippen molar-refractivity contribution in [2.45, 2.75) is 73.4 Å². The van der Waals surface area contributed by atoms with Crippen LogP contribution >= 0.6 is 0 Å². The lowest BCUT2D eigenvalue weighted by Crippen LogP contribution is -2.52. The number of benzene rings is 1. The van der Waals surface area contributed by atoms with Crippen LogP contribution < -0.4 is 4.90 Å². The summed E-state index contributed by atoms with van der Waals surface area (Å²) in [6.45, 7) is 18.6. The van der Waals surface area contributed by atoms with Crippen molar-refractivity contribution in [1.82, 2.24) is 0 Å². The Morgan fingerprint density at radius 2 is 1.57 bits per heavy atom. The van der Waals surface area contributed by atoms with Crippen LogP contribution in [0.2, 0.25) is 0 Å². The zero-order valence-electron chi connectivity index (χ0n) is 16.4. The molecule has 2 nitrogen and oxygen atoms in total. The molecule has 0 bridgehead atoms. The molecule has 0 fully saturated rings. The third kappa shape index (κ3) is 3.46. The highest BCUT2D eigenvalue weighted by Crippen LogP contribution is 2.42. The van der Waals surface area contributed by atoms with Gasteiger partial charge in [0.25, 0.3) is 0 Å². The van der Waals surface area contributed by atoms with Crippen LogP contribution in [0.15, 0.2) is 24.3 Å². The first-order valence-corrected chi connectivity index (χ1v) is 8.82. The Bertz CT molecular complexity index is 585. The number of hydrogen-bond acceptors (Lipinski definition) is 1. The van der Waals surface area contributed by atoms with Gasteiger partial charge in [-0.25, -0.2) is 9.48 Å². The van der Waals surface area contributed by atoms with E-state index in [0.29, 0.717) is 18.0 Å². The van der Waals surface area contributed by atoms with E-state index in [1.54, 1.807) is 0 Å². The molecule has 0 aromatic heterocycles. The van der Waals surface area contributed by atoms with E-state index in [1.807, 2.05) is 0 Å². The Hall–Kier alpha value is -1.31. The molecule has 1 aromatic rings. The summed E-state index contributed by atoms with van der Waals surface area (Å²) in [6.07, 6.45) is 3.65. The third-order valence-corrected chi connectivity index (χ3v) is 4.85. The Morgan fingerprint density at radius 1 is 1.00 bits per heavy atom. The van der Waals surface area contributed by atoms with Gasteiger partial charge in [0.05, 0.1) is 7.05 Å². The molecule has 1 aliphatic rings. The molecule has 1 aliphatic heterocycles. The van der Waals surface area contributed by atoms with Crippen LogP contribution in [0.4, 0.5) is 5.69 Å². The maximum Gasteiger partial charge on any atom is 0.369 e. The fourth-order valence-corrected chi connectivity index (χ4v) is 3.96. The summed E-state index contributed by atoms with van der Waals surface area (Å²) < 4.78 is 2.30. The van der Waals surface area contributed by atoms with Crippen LogP contribution in [-0.2, 0) is 0 Å². The molecule has 0 saturated carbocycles. The molecule has 0 spiro atoms. The van der Waals surface area contributed by atoms with Crippen LogP contribution in [0.1, 0.15) is 66.9 Å². The number of nitrogens with zero attached hydrogens (tertiary/aromatic N) is 2. The zero-order valence-corrected chi connectivity index (χ0v) is 16.4. The Kier molecular flexibility index (Phi) is 4.67. The smallest absolute Gasteiger partial charge is 0.250 e. The van der Waals surface area contributed by atoms with Crippen molar-refractivity contribution in [3.63, 3.8) is 0 Å². The molecule has 2 atom stereocenters. The van der Waals surface area contributed by atoms with Crippen LogP contribution in [0.5, 0.6) is 0 Å². The fourth-order valence-electron chi connectivity index (χ4n) is 3.96. The topological polar surface area (TPSA) is 6.25 Å². The van der Waals surface area contributed by atoms with Gasteiger partial charge in [0.1, 0.15) is 17.8 Å². The molecule has 23 heavy (non-hydrogen) atoms. The molecule has 0 N–H and O–H groups in total. The van der Waals surface area contributed by atoms with Gasteiger partial charge in [-0.3, -0.25) is 0 Å². The lowest BCUT2D eigenvalue weighted by atomic mass is 9.72. The first-order valence-electron chi connectivity index (χ1n) is 8.82. The van der Waals surface area contributed by atoms with E-state index in [1.165, 1.54) is 11.3 Å². The lowest BCUT2D eigenvalue weighted by molar-refractivity contribution is -0.546. The summed E-state index contributed by atoms with van der Waals surface area (Å²) in [5.41, 5.74) is 3.07. The predicted octanol–water partition coefficient (Wildman–Crippen LogP) is 5.01. The van der Waals surface area contributed by atoms with Gasteiger partial charge in [-0.2, -0.15) is 0 Å². The minimum Gasteiger partial charge on any atom is -0.250 e. The molecule has 0 aliphatic carbocycles. The van der Waals surface area contributed by atoms with Gasteiger partial charge < -0.3 is 0 Å². The quantitative estimate of drug-likeness (QED) is 0.696. The van der Waals surface area contributed by atoms with Crippen molar-refractivity contribution >= 4 is 12.0 Å². The van der Waals surface area contributed by atoms with E-state index in [2.05, 4.69) is 103 Å². The Balaban J connectivity index is 2.59. The van der Waals surface area contributed by atoms with Crippen molar-refractivity contribution in [2.75, 3.05) is 11.9 Å². The molecule has 1 aromatic carbocycles. The maximum absolute atomic E-state index is 3.65. The number of para-hydroxylation sites is 1. The van der Waals surface area contributed by atoms with Gasteiger partial charge >= 0.3 is 6.34 Å². The van der Waals surface area contributed by atoms with Crippen molar-refractivity contribution in [3.05, 3.63) is 29.8 Å². The number of likely N-dealkylation sites (N-methyl/N-ethyl adjacent to an activating group) is 1. The van der Waals surface area contributed by atoms with E-state index in [0.717, 1.165) is 0 Å². The summed E-state index contributed by atoms with van der Waals surface area (Å²) in [5, 5.41) is 0. The second-order valence-corrected chi connectivity index (χ2v) is 9.42. The van der Waals surface area contributed by atoms with Gasteiger partial charge in [0.2, 0.25) is 0 Å². The monoisotopic (exact) mass is 314 g/mol. The standard InChI is InChI=1S/C21H34N2/c1-15(2)16-12-10-11-13-17(16)23-14-22(9)18(20(3,4)5)19(23)21(6,7)8/h10-13,15,18-19H,1-9H3/q+1/t18-,19-/m0/s1. The number of anilines is 1. The molecule has 0 unspecified atom stereocenters. The van der Waals surface area contributed by atoms with Crippen molar-refractivity contribution in [2.24, 2.45) is 10.8 Å². The number of rotatable bonds is 2. The SMILES string of the molecule is CC(C)c1ccccc1N1[C]=[N+](C)[C@H](C(C)(C)C)[C@H]1C(C)(C)C. The second kappa shape index (κ2) is 5.96. The summed E-state index contributed by atoms with van der Waals surface area (Å²) in [5.74, 6) is 0.507. The Labute approximate surface area is 143 Å². The predicted molar refractivity (Wildman–Crippen MR) is 101 cm³/mol. The minimum atomic E-state index is 0.166. The second-order valence-electron chi connectivity index (χ2n) is 9.42. The van der Waals surface area contributed by atoms with E-state index >= 15 is 0 Å². The average molecular weight is 315 g/mol. The van der Waals surface area contributed by atoms with E-state index in [-0.39, 0.29) is 10.8 Å². The van der Waals surface area contributed by atoms with Crippen LogP contribution in [-0.4, -0.2) is 30.0 Å². The number of hydrogen-bond donors (Lipinski definition) is 0. The molecular formula is C21H34N2+. The molecule has 2 heteroatoms. The maximum atomic E-state index is 3.65. The Morgan fingerprint density at radius 3 is 2.04 bits per heavy atom. The average Bonchev–Trinajstić information content (AvgIpc) is 2.76. The van der Waals surface area contributed by atoms with Crippen LogP contribution in [0.25, 0.3) is 0 Å². The molecule has 0 amide bonds. The van der Waals surface area contributed by atoms with Gasteiger partial charge in [0.15, 0.2) is 0 Å². The molecule has 1 radical (unpaired) electrons. The first kappa shape index (κ1) is 18.0. The van der Waals surface area contributed by atoms with E-state index in [9.17, 15) is 0 Å². The van der Waals surface area contributed by atoms with Crippen molar-refractivity contribution in [3.8, 4) is 0 Å². The van der Waals surface area contributed by atoms with Gasteiger partial charge in [-0.1, -0.05) is 73.6 Å². The zero-order chi connectivity index (χ0) is 17.6. The first-order chi connectivity index (χ1) is 10.4. The minimum absolute atomic E-state index is 0.166. The normalized spacial score (nSPS) is 22.7. The van der Waals surface area contributed by atoms with E-state index in [4.69, 9.17) is 0 Å². The fraction of sp³-hybridized carbons (Fsp3) is 0.667. The highest BCUT2D eigenvalue weighted by molar-refractivity contribution is 5.81. The largest absolute Gasteiger partial charge is 0.369 e. The molecule has 0 saturated heterocycles. The molecule has 2 rings (SSSR count). The molecule has 127 valence electrons. The van der Waals surface area contributed by atoms with Gasteiger partial charge in [-0.05, 0) is 12.0 Å². The van der Waals surface area contributed by atoms with Crippen LogP contribution in [0, 0.1) is 10.8 Å². The summed E-state index contributed by atoms with van der Waals surface area (Å²) in [6, 6.07) is 9.63. The van der Waals surface area contributed by atoms with Gasteiger partial charge in [-0.15, -0.1) is 0 Å². The van der Waals surface area contributed by atoms with Crippen LogP contribution in [0.3, 0.4) is 0 Å². The van der Waals surface area contributed by atoms with Gasteiger partial charge in [0, 0.05) is 16.4 Å². The van der Waals surface area contributed by atoms with E-state index < -0.39 is 0 Å². The lowest BCUT2D eigenvalue weighted by Gasteiger charge is -2.38. The van der Waals surface area contributed by atoms with Crippen molar-refractivity contribution in [1.29, 1.82) is 0 Å². The summed E-state index contributed by atoms with van der Waals surface area (Å²) >= 11 is 0. The van der Waals surface area contributed by atoms with Crippen molar-refractivity contribution < 1.29 is 4.58 Å². The molecular weight excluding hydrogens is 280 g/mol. The third-order valence-electron chi connectivity index (χ3n) is 4.85. The summed E-state index contributed by atoms with van der Waals surface area (Å²) in [4.78, 5) is 2.41. The highest BCUT2D eigenvalue weighted by Gasteiger charge is 2.54. The molecule has 1 heterocycles. The summed E-state index contributed by atoms with van der Waals surface area (Å²) in [7, 11) is 2.17. The highest BCUT2D eigenvalue weighted by atomic mass is 15.3.